The van der Waals surface area contributed by atoms with Crippen molar-refractivity contribution in [3.8, 4) is 0 Å². The Balaban J connectivity index is 3.93. The minimum absolute atomic E-state index is 0.0193. The smallest absolute Gasteiger partial charge is 0.315 e. The molecule has 0 bridgehead atoms. The Morgan fingerprint density at radius 1 is 1.05 bits per heavy atom. The summed E-state index contributed by atoms with van der Waals surface area (Å²) in [5, 5.41) is 16.4. The van der Waals surface area contributed by atoms with E-state index in [4.69, 9.17) is 5.11 Å². The Bertz CT molecular complexity index is 345. The topological polar surface area (TPSA) is 108 Å². The van der Waals surface area contributed by atoms with Crippen LogP contribution in [0, 0.1) is 5.92 Å². The van der Waals surface area contributed by atoms with E-state index in [2.05, 4.69) is 16.0 Å². The Labute approximate surface area is 119 Å². The second-order valence-corrected chi connectivity index (χ2v) is 5.28. The fourth-order valence-corrected chi connectivity index (χ4v) is 1.46. The van der Waals surface area contributed by atoms with Crippen LogP contribution in [0.25, 0.3) is 0 Å². The van der Waals surface area contributed by atoms with E-state index in [1.54, 1.807) is 6.92 Å². The molecule has 116 valence electrons. The molecular weight excluding hydrogens is 262 g/mol. The molecule has 2 unspecified atom stereocenters. The number of aliphatic carboxylic acids is 1. The van der Waals surface area contributed by atoms with Gasteiger partial charge in [0.25, 0.3) is 0 Å². The maximum absolute atomic E-state index is 11.6. The SMILES string of the molecule is CC(CCC(=O)O)CNC(=O)NC(C)C(=O)NC(C)C. The molecule has 3 amide bonds. The number of hydrogen-bond acceptors (Lipinski definition) is 3. The molecule has 2 atom stereocenters. The van der Waals surface area contributed by atoms with Gasteiger partial charge < -0.3 is 21.1 Å². The van der Waals surface area contributed by atoms with Crippen molar-refractivity contribution in [3.63, 3.8) is 0 Å². The highest BCUT2D eigenvalue weighted by atomic mass is 16.4. The predicted octanol–water partition coefficient (Wildman–Crippen LogP) is 0.700. The Kier molecular flexibility index (Phi) is 8.35. The van der Waals surface area contributed by atoms with E-state index < -0.39 is 18.0 Å². The van der Waals surface area contributed by atoms with Crippen molar-refractivity contribution in [2.75, 3.05) is 6.54 Å². The fraction of sp³-hybridized carbons (Fsp3) is 0.769. The summed E-state index contributed by atoms with van der Waals surface area (Å²) in [6.07, 6.45) is 0.580. The molecule has 20 heavy (non-hydrogen) atoms. The highest BCUT2D eigenvalue weighted by Crippen LogP contribution is 2.03. The normalized spacial score (nSPS) is 13.4. The zero-order valence-electron chi connectivity index (χ0n) is 12.5. The van der Waals surface area contributed by atoms with Gasteiger partial charge in [0.05, 0.1) is 0 Å². The van der Waals surface area contributed by atoms with E-state index in [1.807, 2.05) is 20.8 Å². The molecular formula is C13H25N3O4. The second-order valence-electron chi connectivity index (χ2n) is 5.28. The Hall–Kier alpha value is -1.79. The number of carbonyl (C=O) groups is 3. The third-order valence-corrected chi connectivity index (χ3v) is 2.63. The number of amides is 3. The molecule has 0 saturated heterocycles. The van der Waals surface area contributed by atoms with E-state index in [0.717, 1.165) is 0 Å². The van der Waals surface area contributed by atoms with Crippen LogP contribution < -0.4 is 16.0 Å². The van der Waals surface area contributed by atoms with Crippen LogP contribution in [-0.2, 0) is 9.59 Å². The van der Waals surface area contributed by atoms with Gasteiger partial charge in [-0.2, -0.15) is 0 Å². The summed E-state index contributed by atoms with van der Waals surface area (Å²) in [4.78, 5) is 33.6. The van der Waals surface area contributed by atoms with Crippen molar-refractivity contribution < 1.29 is 19.5 Å². The first-order valence-corrected chi connectivity index (χ1v) is 6.79. The Morgan fingerprint density at radius 3 is 2.15 bits per heavy atom. The van der Waals surface area contributed by atoms with Gasteiger partial charge in [0.15, 0.2) is 0 Å². The predicted molar refractivity (Wildman–Crippen MR) is 75.3 cm³/mol. The highest BCUT2D eigenvalue weighted by Gasteiger charge is 2.16. The van der Waals surface area contributed by atoms with Crippen LogP contribution in [0.15, 0.2) is 0 Å². The minimum atomic E-state index is -0.847. The summed E-state index contributed by atoms with van der Waals surface area (Å²) >= 11 is 0. The fourth-order valence-electron chi connectivity index (χ4n) is 1.46. The molecule has 0 aliphatic carbocycles. The average molecular weight is 287 g/mol. The van der Waals surface area contributed by atoms with Crippen LogP contribution in [0.4, 0.5) is 4.79 Å². The van der Waals surface area contributed by atoms with Crippen LogP contribution in [0.1, 0.15) is 40.5 Å². The third kappa shape index (κ3) is 9.18. The van der Waals surface area contributed by atoms with Crippen LogP contribution >= 0.6 is 0 Å². The monoisotopic (exact) mass is 287 g/mol. The number of carboxylic acid groups (broad SMARTS) is 1. The molecule has 0 heterocycles. The van der Waals surface area contributed by atoms with Crippen LogP contribution in [0.2, 0.25) is 0 Å². The van der Waals surface area contributed by atoms with E-state index >= 15 is 0 Å². The molecule has 0 aliphatic heterocycles. The molecule has 0 aromatic carbocycles. The van der Waals surface area contributed by atoms with Gasteiger partial charge in [0.1, 0.15) is 6.04 Å². The maximum atomic E-state index is 11.6. The molecule has 0 aromatic heterocycles. The molecule has 0 aliphatic rings. The molecule has 0 fully saturated rings. The second kappa shape index (κ2) is 9.17. The third-order valence-electron chi connectivity index (χ3n) is 2.63. The zero-order valence-corrected chi connectivity index (χ0v) is 12.5. The maximum Gasteiger partial charge on any atom is 0.315 e. The minimum Gasteiger partial charge on any atom is -0.481 e. The van der Waals surface area contributed by atoms with Gasteiger partial charge in [0.2, 0.25) is 5.91 Å². The average Bonchev–Trinajstić information content (AvgIpc) is 2.32. The van der Waals surface area contributed by atoms with Gasteiger partial charge in [-0.25, -0.2) is 4.79 Å². The molecule has 0 radical (unpaired) electrons. The summed E-state index contributed by atoms with van der Waals surface area (Å²) in [6, 6.07) is -1.03. The molecule has 0 saturated carbocycles. The summed E-state index contributed by atoms with van der Waals surface area (Å²) in [6.45, 7) is 7.52. The zero-order chi connectivity index (χ0) is 15.7. The lowest BCUT2D eigenvalue weighted by Crippen LogP contribution is -2.50. The standard InChI is InChI=1S/C13H25N3O4/c1-8(2)15-12(19)10(4)16-13(20)14-7-9(3)5-6-11(17)18/h8-10H,5-7H2,1-4H3,(H,15,19)(H,17,18)(H2,14,16,20). The largest absolute Gasteiger partial charge is 0.481 e. The summed E-state index contributed by atoms with van der Waals surface area (Å²) in [5.41, 5.74) is 0. The lowest BCUT2D eigenvalue weighted by molar-refractivity contribution is -0.137. The summed E-state index contributed by atoms with van der Waals surface area (Å²) < 4.78 is 0. The number of carbonyl (C=O) groups excluding carboxylic acids is 2. The quantitative estimate of drug-likeness (QED) is 0.527. The van der Waals surface area contributed by atoms with Gasteiger partial charge in [-0.05, 0) is 33.1 Å². The lowest BCUT2D eigenvalue weighted by Gasteiger charge is -2.17. The number of hydrogen-bond donors (Lipinski definition) is 4. The van der Waals surface area contributed by atoms with E-state index in [-0.39, 0.29) is 24.3 Å². The van der Waals surface area contributed by atoms with Crippen LogP contribution in [0.5, 0.6) is 0 Å². The number of carboxylic acids is 1. The first-order chi connectivity index (χ1) is 9.22. The number of urea groups is 1. The van der Waals surface area contributed by atoms with Crippen molar-refractivity contribution in [3.05, 3.63) is 0 Å². The molecule has 0 aromatic rings. The van der Waals surface area contributed by atoms with E-state index in [9.17, 15) is 14.4 Å². The van der Waals surface area contributed by atoms with Gasteiger partial charge in [-0.3, -0.25) is 9.59 Å². The van der Waals surface area contributed by atoms with Crippen LogP contribution in [0.3, 0.4) is 0 Å². The summed E-state index contributed by atoms with van der Waals surface area (Å²) in [7, 11) is 0. The van der Waals surface area contributed by atoms with E-state index in [1.165, 1.54) is 0 Å². The van der Waals surface area contributed by atoms with Crippen molar-refractivity contribution in [1.82, 2.24) is 16.0 Å². The molecule has 0 rings (SSSR count). The lowest BCUT2D eigenvalue weighted by atomic mass is 10.1. The molecule has 7 nitrogen and oxygen atoms in total. The first-order valence-electron chi connectivity index (χ1n) is 6.79. The van der Waals surface area contributed by atoms with Crippen molar-refractivity contribution >= 4 is 17.9 Å². The number of rotatable bonds is 8. The number of nitrogens with one attached hydrogen (secondary N) is 3. The Morgan fingerprint density at radius 2 is 1.65 bits per heavy atom. The first kappa shape index (κ1) is 18.2. The molecule has 4 N–H and O–H groups in total. The summed E-state index contributed by atoms with van der Waals surface area (Å²) in [5.74, 6) is -1.02. The highest BCUT2D eigenvalue weighted by molar-refractivity contribution is 5.86. The van der Waals surface area contributed by atoms with Crippen molar-refractivity contribution in [2.24, 2.45) is 5.92 Å². The van der Waals surface area contributed by atoms with Crippen molar-refractivity contribution in [1.29, 1.82) is 0 Å². The van der Waals surface area contributed by atoms with Gasteiger partial charge in [-0.15, -0.1) is 0 Å². The van der Waals surface area contributed by atoms with E-state index in [0.29, 0.717) is 13.0 Å². The van der Waals surface area contributed by atoms with Crippen molar-refractivity contribution in [2.45, 2.75) is 52.6 Å². The van der Waals surface area contributed by atoms with Crippen LogP contribution in [-0.4, -0.2) is 41.6 Å². The van der Waals surface area contributed by atoms with Gasteiger partial charge >= 0.3 is 12.0 Å². The van der Waals surface area contributed by atoms with Gasteiger partial charge in [0, 0.05) is 19.0 Å². The van der Waals surface area contributed by atoms with Gasteiger partial charge in [-0.1, -0.05) is 6.92 Å². The molecule has 7 heteroatoms. The molecule has 0 spiro atoms.